The summed E-state index contributed by atoms with van der Waals surface area (Å²) in [6, 6.07) is 0. The summed E-state index contributed by atoms with van der Waals surface area (Å²) in [6.07, 6.45) is 7.06. The number of fused-ring (bicyclic) bond motifs is 4. The molecule has 0 aromatic heterocycles. The van der Waals surface area contributed by atoms with Gasteiger partial charge in [-0.15, -0.1) is 0 Å². The van der Waals surface area contributed by atoms with E-state index in [1.807, 2.05) is 0 Å². The molecule has 13 heavy (non-hydrogen) atoms. The summed E-state index contributed by atoms with van der Waals surface area (Å²) < 4.78 is 0. The van der Waals surface area contributed by atoms with Gasteiger partial charge in [-0.1, -0.05) is 0 Å². The Morgan fingerprint density at radius 3 is 2.31 bits per heavy atom. The topological polar surface area (TPSA) is 20.2 Å². The third-order valence-corrected chi connectivity index (χ3v) is 5.13. The highest BCUT2D eigenvalue weighted by atomic mass is 16.3. The Hall–Kier alpha value is -0.0400. The zero-order valence-electron chi connectivity index (χ0n) is 8.02. The Labute approximate surface area is 79.5 Å². The van der Waals surface area contributed by atoms with Crippen LogP contribution in [0.25, 0.3) is 0 Å². The van der Waals surface area contributed by atoms with Gasteiger partial charge in [-0.05, 0) is 67.6 Å². The molecule has 1 heteroatoms. The minimum absolute atomic E-state index is 0.0827. The van der Waals surface area contributed by atoms with Crippen LogP contribution in [0.5, 0.6) is 0 Å². The second-order valence-electron chi connectivity index (χ2n) is 6.02. The largest absolute Gasteiger partial charge is 0.393 e. The van der Waals surface area contributed by atoms with Gasteiger partial charge in [0.05, 0.1) is 6.10 Å². The van der Waals surface area contributed by atoms with Crippen LogP contribution in [-0.4, -0.2) is 11.2 Å². The molecule has 4 fully saturated rings. The summed E-state index contributed by atoms with van der Waals surface area (Å²) in [5.41, 5.74) is 0. The molecule has 4 saturated carbocycles. The van der Waals surface area contributed by atoms with E-state index in [4.69, 9.17) is 0 Å². The standard InChI is InChI=1S/C12H18O/c13-12-4-7-1-6(7)2-8-3-9(8)10-5-11(10)12/h6-13H,1-5H2/t6?,7?,8-,9?,10?,11?,12-/m0/s1. The average Bonchev–Trinajstić information content (AvgIpc) is 2.85. The number of hydrogen-bond acceptors (Lipinski definition) is 1. The summed E-state index contributed by atoms with van der Waals surface area (Å²) in [6.45, 7) is 0. The quantitative estimate of drug-likeness (QED) is 0.602. The van der Waals surface area contributed by atoms with Gasteiger partial charge < -0.3 is 5.11 Å². The molecule has 0 saturated heterocycles. The number of aliphatic hydroxyl groups is 1. The van der Waals surface area contributed by atoms with E-state index in [2.05, 4.69) is 0 Å². The lowest BCUT2D eigenvalue weighted by atomic mass is 10.1. The van der Waals surface area contributed by atoms with Crippen LogP contribution in [-0.2, 0) is 0 Å². The lowest BCUT2D eigenvalue weighted by Gasteiger charge is -2.08. The van der Waals surface area contributed by atoms with Crippen LogP contribution in [0.1, 0.15) is 32.1 Å². The van der Waals surface area contributed by atoms with Gasteiger partial charge in [0.2, 0.25) is 0 Å². The summed E-state index contributed by atoms with van der Waals surface area (Å²) in [5, 5.41) is 9.98. The van der Waals surface area contributed by atoms with Crippen molar-refractivity contribution in [2.45, 2.75) is 38.2 Å². The van der Waals surface area contributed by atoms with Gasteiger partial charge >= 0.3 is 0 Å². The van der Waals surface area contributed by atoms with E-state index in [1.54, 1.807) is 0 Å². The minimum Gasteiger partial charge on any atom is -0.393 e. The van der Waals surface area contributed by atoms with Crippen LogP contribution < -0.4 is 0 Å². The molecule has 0 bridgehead atoms. The third kappa shape index (κ3) is 1.03. The maximum atomic E-state index is 9.98. The molecule has 0 aliphatic heterocycles. The summed E-state index contributed by atoms with van der Waals surface area (Å²) in [5.74, 6) is 5.79. The van der Waals surface area contributed by atoms with Crippen molar-refractivity contribution in [1.82, 2.24) is 0 Å². The second-order valence-corrected chi connectivity index (χ2v) is 6.02. The van der Waals surface area contributed by atoms with E-state index >= 15 is 0 Å². The van der Waals surface area contributed by atoms with Gasteiger partial charge in [-0.25, -0.2) is 0 Å². The molecular formula is C12H18O. The zero-order valence-corrected chi connectivity index (χ0v) is 8.02. The second kappa shape index (κ2) is 2.13. The maximum Gasteiger partial charge on any atom is 0.0574 e. The third-order valence-electron chi connectivity index (χ3n) is 5.13. The van der Waals surface area contributed by atoms with Crippen LogP contribution in [0.4, 0.5) is 0 Å². The van der Waals surface area contributed by atoms with Crippen molar-refractivity contribution >= 4 is 0 Å². The van der Waals surface area contributed by atoms with E-state index in [0.717, 1.165) is 41.9 Å². The predicted octanol–water partition coefficient (Wildman–Crippen LogP) is 2.05. The van der Waals surface area contributed by atoms with Crippen molar-refractivity contribution in [2.75, 3.05) is 0 Å². The fraction of sp³-hybridized carbons (Fsp3) is 1.00. The van der Waals surface area contributed by atoms with Crippen LogP contribution >= 0.6 is 0 Å². The van der Waals surface area contributed by atoms with Crippen LogP contribution in [0.15, 0.2) is 0 Å². The Morgan fingerprint density at radius 2 is 1.38 bits per heavy atom. The van der Waals surface area contributed by atoms with E-state index in [0.29, 0.717) is 0 Å². The number of rotatable bonds is 0. The van der Waals surface area contributed by atoms with E-state index in [9.17, 15) is 5.11 Å². The fourth-order valence-electron chi connectivity index (χ4n) is 4.00. The zero-order chi connectivity index (χ0) is 8.58. The molecule has 0 spiro atoms. The van der Waals surface area contributed by atoms with Crippen molar-refractivity contribution in [2.24, 2.45) is 35.5 Å². The van der Waals surface area contributed by atoms with Gasteiger partial charge in [0.15, 0.2) is 0 Å². The lowest BCUT2D eigenvalue weighted by Crippen LogP contribution is -2.12. The van der Waals surface area contributed by atoms with Crippen molar-refractivity contribution < 1.29 is 5.11 Å². The summed E-state index contributed by atoms with van der Waals surface area (Å²) >= 11 is 0. The highest BCUT2D eigenvalue weighted by Crippen LogP contribution is 2.65. The van der Waals surface area contributed by atoms with Crippen molar-refractivity contribution in [3.8, 4) is 0 Å². The number of hydrogen-bond donors (Lipinski definition) is 1. The van der Waals surface area contributed by atoms with Crippen molar-refractivity contribution in [3.05, 3.63) is 0 Å². The van der Waals surface area contributed by atoms with Gasteiger partial charge in [0.25, 0.3) is 0 Å². The van der Waals surface area contributed by atoms with Gasteiger partial charge in [-0.2, -0.15) is 0 Å². The highest BCUT2D eigenvalue weighted by Gasteiger charge is 2.59. The Balaban J connectivity index is 1.57. The molecular weight excluding hydrogens is 160 g/mol. The molecule has 0 radical (unpaired) electrons. The van der Waals surface area contributed by atoms with E-state index < -0.39 is 0 Å². The molecule has 0 heterocycles. The van der Waals surface area contributed by atoms with Crippen molar-refractivity contribution in [3.63, 3.8) is 0 Å². The summed E-state index contributed by atoms with van der Waals surface area (Å²) in [7, 11) is 0. The van der Waals surface area contributed by atoms with E-state index in [-0.39, 0.29) is 6.10 Å². The van der Waals surface area contributed by atoms with Gasteiger partial charge in [-0.3, -0.25) is 0 Å². The molecule has 5 unspecified atom stereocenters. The Morgan fingerprint density at radius 1 is 0.615 bits per heavy atom. The summed E-state index contributed by atoms with van der Waals surface area (Å²) in [4.78, 5) is 0. The monoisotopic (exact) mass is 178 g/mol. The molecule has 4 aliphatic rings. The molecule has 0 aromatic carbocycles. The molecule has 0 aromatic rings. The first-order valence-corrected chi connectivity index (χ1v) is 6.01. The normalized spacial score (nSPS) is 67.6. The van der Waals surface area contributed by atoms with Gasteiger partial charge in [0.1, 0.15) is 0 Å². The molecule has 1 N–H and O–H groups in total. The first kappa shape index (κ1) is 7.28. The van der Waals surface area contributed by atoms with Crippen LogP contribution in [0, 0.1) is 35.5 Å². The fourth-order valence-corrected chi connectivity index (χ4v) is 4.00. The average molecular weight is 178 g/mol. The smallest absolute Gasteiger partial charge is 0.0574 e. The molecule has 4 rings (SSSR count). The highest BCUT2D eigenvalue weighted by molar-refractivity contribution is 5.08. The van der Waals surface area contributed by atoms with Crippen LogP contribution in [0.2, 0.25) is 0 Å². The Kier molecular flexibility index (Phi) is 1.19. The van der Waals surface area contributed by atoms with Gasteiger partial charge in [0, 0.05) is 0 Å². The van der Waals surface area contributed by atoms with E-state index in [1.165, 1.54) is 25.7 Å². The maximum absolute atomic E-state index is 9.98. The van der Waals surface area contributed by atoms with Crippen LogP contribution in [0.3, 0.4) is 0 Å². The first-order chi connectivity index (χ1) is 6.33. The minimum atomic E-state index is 0.0827. The predicted molar refractivity (Wildman–Crippen MR) is 50.0 cm³/mol. The molecule has 1 nitrogen and oxygen atoms in total. The molecule has 7 atom stereocenters. The van der Waals surface area contributed by atoms with Crippen molar-refractivity contribution in [1.29, 1.82) is 0 Å². The molecule has 72 valence electrons. The molecule has 0 amide bonds. The number of aliphatic hydroxyl groups excluding tert-OH is 1. The lowest BCUT2D eigenvalue weighted by molar-refractivity contribution is 0.126. The molecule has 4 aliphatic carbocycles. The first-order valence-electron chi connectivity index (χ1n) is 6.01. The SMILES string of the molecule is O[C@H]1CC2CC2C[C@H]2CC2C2CC21. The Bertz CT molecular complexity index is 250.